The van der Waals surface area contributed by atoms with Gasteiger partial charge in [-0.15, -0.1) is 0 Å². The normalized spacial score (nSPS) is 10.9. The average Bonchev–Trinajstić information content (AvgIpc) is 2.66. The standard InChI is InChI=1S/C19H20N2O5/c1-24-16-10-13(11-17(25-2)19(16)26-3)8-9-18(23)21-20-12-14-6-4-5-7-15(14)22/h4-12,22H,1-3H3,(H,21,23)/b9-8+,20-12+. The molecule has 2 N–H and O–H groups in total. The first kappa shape index (κ1) is 18.9. The van der Waals surface area contributed by atoms with Crippen LogP contribution < -0.4 is 19.6 Å². The molecule has 0 saturated heterocycles. The first-order valence-electron chi connectivity index (χ1n) is 7.68. The minimum Gasteiger partial charge on any atom is -0.507 e. The Morgan fingerprint density at radius 3 is 2.31 bits per heavy atom. The van der Waals surface area contributed by atoms with Crippen LogP contribution >= 0.6 is 0 Å². The molecular weight excluding hydrogens is 336 g/mol. The summed E-state index contributed by atoms with van der Waals surface area (Å²) in [4.78, 5) is 11.9. The van der Waals surface area contributed by atoms with Gasteiger partial charge in [-0.05, 0) is 35.9 Å². The van der Waals surface area contributed by atoms with E-state index in [1.54, 1.807) is 36.4 Å². The van der Waals surface area contributed by atoms with Crippen LogP contribution in [-0.2, 0) is 4.79 Å². The topological polar surface area (TPSA) is 89.4 Å². The highest BCUT2D eigenvalue weighted by atomic mass is 16.5. The maximum atomic E-state index is 11.9. The number of amides is 1. The van der Waals surface area contributed by atoms with Crippen LogP contribution in [0.5, 0.6) is 23.0 Å². The number of para-hydroxylation sites is 1. The number of phenolic OH excluding ortho intramolecular Hbond substituents is 1. The lowest BCUT2D eigenvalue weighted by Crippen LogP contribution is -2.14. The number of hydrogen-bond donors (Lipinski definition) is 2. The first-order valence-corrected chi connectivity index (χ1v) is 7.68. The monoisotopic (exact) mass is 356 g/mol. The Hall–Kier alpha value is -3.48. The molecule has 26 heavy (non-hydrogen) atoms. The number of carbonyl (C=O) groups is 1. The molecule has 0 radical (unpaired) electrons. The van der Waals surface area contributed by atoms with E-state index in [1.165, 1.54) is 39.7 Å². The van der Waals surface area contributed by atoms with Crippen molar-refractivity contribution in [3.8, 4) is 23.0 Å². The van der Waals surface area contributed by atoms with E-state index >= 15 is 0 Å². The second-order valence-corrected chi connectivity index (χ2v) is 5.09. The Balaban J connectivity index is 2.07. The van der Waals surface area contributed by atoms with Crippen molar-refractivity contribution in [3.63, 3.8) is 0 Å². The summed E-state index contributed by atoms with van der Waals surface area (Å²) in [5, 5.41) is 13.4. The molecule has 7 heteroatoms. The van der Waals surface area contributed by atoms with Gasteiger partial charge in [0.15, 0.2) is 11.5 Å². The largest absolute Gasteiger partial charge is 0.507 e. The number of methoxy groups -OCH3 is 3. The van der Waals surface area contributed by atoms with E-state index in [1.807, 2.05) is 0 Å². The number of nitrogens with one attached hydrogen (secondary N) is 1. The minimum absolute atomic E-state index is 0.0819. The van der Waals surface area contributed by atoms with Crippen LogP contribution in [0.25, 0.3) is 6.08 Å². The predicted molar refractivity (Wildman–Crippen MR) is 99.0 cm³/mol. The highest BCUT2D eigenvalue weighted by Crippen LogP contribution is 2.38. The maximum absolute atomic E-state index is 11.9. The lowest BCUT2D eigenvalue weighted by atomic mass is 10.1. The summed E-state index contributed by atoms with van der Waals surface area (Å²) in [5.41, 5.74) is 3.55. The summed E-state index contributed by atoms with van der Waals surface area (Å²) in [6, 6.07) is 10.1. The molecule has 0 bridgehead atoms. The molecule has 2 aromatic rings. The zero-order chi connectivity index (χ0) is 18.9. The SMILES string of the molecule is COc1cc(/C=C/C(=O)N/N=C/c2ccccc2O)cc(OC)c1OC. The number of phenols is 1. The molecule has 7 nitrogen and oxygen atoms in total. The fraction of sp³-hybridized carbons (Fsp3) is 0.158. The predicted octanol–water partition coefficient (Wildman–Crippen LogP) is 2.58. The molecule has 0 unspecified atom stereocenters. The fourth-order valence-electron chi connectivity index (χ4n) is 2.17. The van der Waals surface area contributed by atoms with E-state index in [4.69, 9.17) is 14.2 Å². The molecule has 0 aliphatic rings. The van der Waals surface area contributed by atoms with Gasteiger partial charge >= 0.3 is 0 Å². The van der Waals surface area contributed by atoms with E-state index in [0.29, 0.717) is 28.4 Å². The number of benzene rings is 2. The molecule has 0 spiro atoms. The summed E-state index contributed by atoms with van der Waals surface area (Å²) in [6.07, 6.45) is 4.28. The zero-order valence-electron chi connectivity index (χ0n) is 14.7. The van der Waals surface area contributed by atoms with Crippen LogP contribution in [-0.4, -0.2) is 38.6 Å². The van der Waals surface area contributed by atoms with Gasteiger partial charge in [0.2, 0.25) is 5.75 Å². The van der Waals surface area contributed by atoms with Gasteiger partial charge in [0.05, 0.1) is 27.5 Å². The molecule has 1 amide bonds. The summed E-state index contributed by atoms with van der Waals surface area (Å²) >= 11 is 0. The van der Waals surface area contributed by atoms with Crippen molar-refractivity contribution >= 4 is 18.2 Å². The van der Waals surface area contributed by atoms with Gasteiger partial charge in [-0.2, -0.15) is 5.10 Å². The molecule has 0 saturated carbocycles. The van der Waals surface area contributed by atoms with Crippen molar-refractivity contribution in [2.75, 3.05) is 21.3 Å². The van der Waals surface area contributed by atoms with Gasteiger partial charge in [0, 0.05) is 11.6 Å². The smallest absolute Gasteiger partial charge is 0.264 e. The third-order valence-corrected chi connectivity index (χ3v) is 3.43. The number of nitrogens with zero attached hydrogens (tertiary/aromatic N) is 1. The van der Waals surface area contributed by atoms with E-state index in [-0.39, 0.29) is 5.75 Å². The van der Waals surface area contributed by atoms with Gasteiger partial charge in [-0.25, -0.2) is 5.43 Å². The number of carbonyl (C=O) groups excluding carboxylic acids is 1. The summed E-state index contributed by atoms with van der Waals surface area (Å²) in [7, 11) is 4.56. The Morgan fingerprint density at radius 2 is 1.73 bits per heavy atom. The number of hydrazone groups is 1. The number of rotatable bonds is 7. The molecule has 0 atom stereocenters. The molecule has 2 aromatic carbocycles. The molecule has 136 valence electrons. The molecule has 0 aromatic heterocycles. The number of aromatic hydroxyl groups is 1. The van der Waals surface area contributed by atoms with Gasteiger partial charge < -0.3 is 19.3 Å². The van der Waals surface area contributed by atoms with Gasteiger partial charge in [-0.3, -0.25) is 4.79 Å². The number of hydrogen-bond acceptors (Lipinski definition) is 6. The average molecular weight is 356 g/mol. The van der Waals surface area contributed by atoms with Crippen LogP contribution in [0.4, 0.5) is 0 Å². The minimum atomic E-state index is -0.426. The highest BCUT2D eigenvalue weighted by Gasteiger charge is 2.12. The summed E-state index contributed by atoms with van der Waals surface area (Å²) < 4.78 is 15.8. The summed E-state index contributed by atoms with van der Waals surface area (Å²) in [5.74, 6) is 1.11. The number of ether oxygens (including phenoxy) is 3. The van der Waals surface area contributed by atoms with E-state index < -0.39 is 5.91 Å². The van der Waals surface area contributed by atoms with Crippen molar-refractivity contribution in [1.29, 1.82) is 0 Å². The second-order valence-electron chi connectivity index (χ2n) is 5.09. The molecule has 0 fully saturated rings. The highest BCUT2D eigenvalue weighted by molar-refractivity contribution is 5.93. The van der Waals surface area contributed by atoms with Crippen LogP contribution in [0.2, 0.25) is 0 Å². The lowest BCUT2D eigenvalue weighted by Gasteiger charge is -2.12. The van der Waals surface area contributed by atoms with Crippen LogP contribution in [0.15, 0.2) is 47.6 Å². The first-order chi connectivity index (χ1) is 12.6. The van der Waals surface area contributed by atoms with E-state index in [9.17, 15) is 9.90 Å². The van der Waals surface area contributed by atoms with Gasteiger partial charge in [0.1, 0.15) is 5.75 Å². The van der Waals surface area contributed by atoms with Crippen LogP contribution in [0.1, 0.15) is 11.1 Å². The van der Waals surface area contributed by atoms with Gasteiger partial charge in [0.25, 0.3) is 5.91 Å². The van der Waals surface area contributed by atoms with Gasteiger partial charge in [-0.1, -0.05) is 12.1 Å². The molecule has 0 aliphatic carbocycles. The van der Waals surface area contributed by atoms with E-state index in [2.05, 4.69) is 10.5 Å². The second kappa shape index (κ2) is 9.12. The zero-order valence-corrected chi connectivity index (χ0v) is 14.7. The molecule has 2 rings (SSSR count). The van der Waals surface area contributed by atoms with Crippen LogP contribution in [0.3, 0.4) is 0 Å². The Morgan fingerprint density at radius 1 is 1.08 bits per heavy atom. The van der Waals surface area contributed by atoms with E-state index in [0.717, 1.165) is 0 Å². The third-order valence-electron chi connectivity index (χ3n) is 3.43. The molecule has 0 aliphatic heterocycles. The van der Waals surface area contributed by atoms with Crippen molar-refractivity contribution in [1.82, 2.24) is 5.43 Å². The Labute approximate surface area is 151 Å². The van der Waals surface area contributed by atoms with Crippen molar-refractivity contribution in [3.05, 3.63) is 53.6 Å². The van der Waals surface area contributed by atoms with Crippen molar-refractivity contribution in [2.24, 2.45) is 5.10 Å². The van der Waals surface area contributed by atoms with Crippen molar-refractivity contribution in [2.45, 2.75) is 0 Å². The quantitative estimate of drug-likeness (QED) is 0.452. The van der Waals surface area contributed by atoms with Crippen LogP contribution in [0, 0.1) is 0 Å². The fourth-order valence-corrected chi connectivity index (χ4v) is 2.17. The Bertz CT molecular complexity index is 805. The summed E-state index contributed by atoms with van der Waals surface area (Å²) in [6.45, 7) is 0. The molecule has 0 heterocycles. The van der Waals surface area contributed by atoms with Crippen molar-refractivity contribution < 1.29 is 24.1 Å². The Kier molecular flexibility index (Phi) is 6.61. The third kappa shape index (κ3) is 4.76. The molecular formula is C19H20N2O5. The lowest BCUT2D eigenvalue weighted by molar-refractivity contribution is -0.116. The maximum Gasteiger partial charge on any atom is 0.264 e.